The van der Waals surface area contributed by atoms with Gasteiger partial charge < -0.3 is 20.7 Å². The fraction of sp³-hybridized carbons (Fsp3) is 0.167. The van der Waals surface area contributed by atoms with Crippen LogP contribution in [0.2, 0.25) is 0 Å². The first-order valence-corrected chi connectivity index (χ1v) is 9.72. The lowest BCUT2D eigenvalue weighted by Gasteiger charge is -2.15. The average molecular weight is 403 g/mol. The van der Waals surface area contributed by atoms with E-state index in [1.54, 1.807) is 25.1 Å². The number of ether oxygens (including phenoxy) is 1. The smallest absolute Gasteiger partial charge is 0.323 e. The van der Waals surface area contributed by atoms with Crippen molar-refractivity contribution in [1.82, 2.24) is 5.32 Å². The number of para-hydroxylation sites is 1. The molecule has 0 aliphatic rings. The average Bonchev–Trinajstić information content (AvgIpc) is 2.73. The minimum Gasteiger partial charge on any atom is -0.481 e. The number of carbonyl (C=O) groups is 2. The number of urea groups is 1. The molecule has 6 heteroatoms. The first-order valence-electron chi connectivity index (χ1n) is 9.72. The molecule has 0 aliphatic heterocycles. The summed E-state index contributed by atoms with van der Waals surface area (Å²) >= 11 is 0. The maximum atomic E-state index is 12.3. The zero-order valence-corrected chi connectivity index (χ0v) is 17.0. The Kier molecular flexibility index (Phi) is 7.05. The Balaban J connectivity index is 1.51. The monoisotopic (exact) mass is 403 g/mol. The molecule has 3 aromatic rings. The van der Waals surface area contributed by atoms with Gasteiger partial charge >= 0.3 is 6.03 Å². The van der Waals surface area contributed by atoms with Gasteiger partial charge in [0.1, 0.15) is 5.75 Å². The molecule has 30 heavy (non-hydrogen) atoms. The summed E-state index contributed by atoms with van der Waals surface area (Å²) in [7, 11) is 0. The largest absolute Gasteiger partial charge is 0.481 e. The fourth-order valence-corrected chi connectivity index (χ4v) is 2.86. The zero-order chi connectivity index (χ0) is 21.3. The van der Waals surface area contributed by atoms with Crippen molar-refractivity contribution in [3.8, 4) is 5.75 Å². The van der Waals surface area contributed by atoms with Crippen LogP contribution in [0.15, 0.2) is 78.9 Å². The van der Waals surface area contributed by atoms with Crippen LogP contribution >= 0.6 is 0 Å². The van der Waals surface area contributed by atoms with Crippen LogP contribution in [0, 0.1) is 6.92 Å². The minimum atomic E-state index is -0.617. The van der Waals surface area contributed by atoms with Gasteiger partial charge in [-0.1, -0.05) is 42.5 Å². The normalized spacial score (nSPS) is 11.3. The third kappa shape index (κ3) is 6.38. The van der Waals surface area contributed by atoms with Crippen LogP contribution in [0.5, 0.6) is 5.75 Å². The number of anilines is 2. The number of carbonyl (C=O) groups excluding carboxylic acids is 2. The van der Waals surface area contributed by atoms with Crippen LogP contribution in [0.25, 0.3) is 0 Å². The maximum Gasteiger partial charge on any atom is 0.323 e. The van der Waals surface area contributed by atoms with Crippen molar-refractivity contribution < 1.29 is 14.3 Å². The van der Waals surface area contributed by atoms with Gasteiger partial charge in [-0.05, 0) is 61.4 Å². The van der Waals surface area contributed by atoms with Gasteiger partial charge in [-0.25, -0.2) is 4.79 Å². The maximum absolute atomic E-state index is 12.3. The van der Waals surface area contributed by atoms with Gasteiger partial charge in [-0.3, -0.25) is 4.79 Å². The number of amides is 3. The molecule has 0 fully saturated rings. The number of hydrogen-bond donors (Lipinski definition) is 3. The highest BCUT2D eigenvalue weighted by molar-refractivity contribution is 5.99. The molecule has 1 unspecified atom stereocenters. The van der Waals surface area contributed by atoms with Crippen molar-refractivity contribution in [3.63, 3.8) is 0 Å². The molecule has 154 valence electrons. The fourth-order valence-electron chi connectivity index (χ4n) is 2.86. The van der Waals surface area contributed by atoms with E-state index in [-0.39, 0.29) is 11.9 Å². The number of hydrogen-bond acceptors (Lipinski definition) is 3. The van der Waals surface area contributed by atoms with Gasteiger partial charge in [0.2, 0.25) is 0 Å². The summed E-state index contributed by atoms with van der Waals surface area (Å²) in [6, 6.07) is 23.8. The van der Waals surface area contributed by atoms with Crippen LogP contribution in [0.3, 0.4) is 0 Å². The van der Waals surface area contributed by atoms with Gasteiger partial charge in [-0.15, -0.1) is 0 Å². The summed E-state index contributed by atoms with van der Waals surface area (Å²) in [6.45, 7) is 4.00. The van der Waals surface area contributed by atoms with E-state index in [9.17, 15) is 9.59 Å². The van der Waals surface area contributed by atoms with Crippen molar-refractivity contribution in [3.05, 3.63) is 90.0 Å². The van der Waals surface area contributed by atoms with Gasteiger partial charge in [0.25, 0.3) is 5.91 Å². The SMILES string of the molecule is Cc1cccc(NC(=O)Nc2cccc(CNC(=O)C(C)Oc3ccccc3)c2)c1. The molecule has 0 heterocycles. The molecule has 0 bridgehead atoms. The van der Waals surface area contributed by atoms with E-state index >= 15 is 0 Å². The van der Waals surface area contributed by atoms with Crippen molar-refractivity contribution in [2.75, 3.05) is 10.6 Å². The van der Waals surface area contributed by atoms with Gasteiger partial charge in [-0.2, -0.15) is 0 Å². The van der Waals surface area contributed by atoms with E-state index in [0.717, 1.165) is 16.8 Å². The lowest BCUT2D eigenvalue weighted by atomic mass is 10.2. The van der Waals surface area contributed by atoms with Crippen LogP contribution in [0.1, 0.15) is 18.1 Å². The predicted octanol–water partition coefficient (Wildman–Crippen LogP) is 4.72. The summed E-state index contributed by atoms with van der Waals surface area (Å²) in [6.07, 6.45) is -0.617. The molecule has 0 radical (unpaired) electrons. The van der Waals surface area contributed by atoms with Crippen LogP contribution < -0.4 is 20.7 Å². The Bertz CT molecular complexity index is 1010. The second-order valence-corrected chi connectivity index (χ2v) is 6.94. The van der Waals surface area contributed by atoms with Crippen molar-refractivity contribution in [2.24, 2.45) is 0 Å². The van der Waals surface area contributed by atoms with Crippen molar-refractivity contribution in [1.29, 1.82) is 0 Å². The molecule has 0 aliphatic carbocycles. The summed E-state index contributed by atoms with van der Waals surface area (Å²) in [5, 5.41) is 8.46. The lowest BCUT2D eigenvalue weighted by Crippen LogP contribution is -2.35. The molecule has 0 aromatic heterocycles. The Labute approximate surface area is 176 Å². The van der Waals surface area contributed by atoms with E-state index in [1.165, 1.54) is 0 Å². The Morgan fingerprint density at radius 2 is 1.53 bits per heavy atom. The number of nitrogens with one attached hydrogen (secondary N) is 3. The molecule has 6 nitrogen and oxygen atoms in total. The molecule has 3 rings (SSSR count). The summed E-state index contributed by atoms with van der Waals surface area (Å²) in [5.41, 5.74) is 3.29. The van der Waals surface area contributed by atoms with Gasteiger partial charge in [0.15, 0.2) is 6.10 Å². The molecule has 1 atom stereocenters. The lowest BCUT2D eigenvalue weighted by molar-refractivity contribution is -0.127. The second kappa shape index (κ2) is 10.1. The van der Waals surface area contributed by atoms with E-state index in [4.69, 9.17) is 4.74 Å². The van der Waals surface area contributed by atoms with Crippen LogP contribution in [-0.4, -0.2) is 18.0 Å². The molecular formula is C24H25N3O3. The van der Waals surface area contributed by atoms with E-state index in [2.05, 4.69) is 16.0 Å². The molecule has 3 N–H and O–H groups in total. The summed E-state index contributed by atoms with van der Waals surface area (Å²) in [4.78, 5) is 24.5. The number of benzene rings is 3. The topological polar surface area (TPSA) is 79.5 Å². The highest BCUT2D eigenvalue weighted by Crippen LogP contribution is 2.14. The number of aryl methyl sites for hydroxylation is 1. The molecule has 0 saturated carbocycles. The minimum absolute atomic E-state index is 0.214. The van der Waals surface area contributed by atoms with Crippen LogP contribution in [-0.2, 0) is 11.3 Å². The molecule has 0 saturated heterocycles. The first-order chi connectivity index (χ1) is 14.5. The predicted molar refractivity (Wildman–Crippen MR) is 119 cm³/mol. The summed E-state index contributed by atoms with van der Waals surface area (Å²) in [5.74, 6) is 0.431. The molecule has 0 spiro atoms. The van der Waals surface area contributed by atoms with E-state index in [1.807, 2.05) is 67.6 Å². The molecular weight excluding hydrogens is 378 g/mol. The third-order valence-electron chi connectivity index (χ3n) is 4.35. The third-order valence-corrected chi connectivity index (χ3v) is 4.35. The highest BCUT2D eigenvalue weighted by atomic mass is 16.5. The molecule has 3 aromatic carbocycles. The van der Waals surface area contributed by atoms with Crippen LogP contribution in [0.4, 0.5) is 16.2 Å². The zero-order valence-electron chi connectivity index (χ0n) is 17.0. The standard InChI is InChI=1S/C24H25N3O3/c1-17-8-6-10-20(14-17)26-24(29)27-21-11-7-9-19(15-21)16-25-23(28)18(2)30-22-12-4-3-5-13-22/h3-15,18H,16H2,1-2H3,(H,25,28)(H2,26,27,29). The number of rotatable bonds is 7. The van der Waals surface area contributed by atoms with Gasteiger partial charge in [0, 0.05) is 17.9 Å². The quantitative estimate of drug-likeness (QED) is 0.534. The summed E-state index contributed by atoms with van der Waals surface area (Å²) < 4.78 is 5.63. The highest BCUT2D eigenvalue weighted by Gasteiger charge is 2.14. The van der Waals surface area contributed by atoms with Crippen molar-refractivity contribution >= 4 is 23.3 Å². The Morgan fingerprint density at radius 1 is 0.867 bits per heavy atom. The van der Waals surface area contributed by atoms with Crippen molar-refractivity contribution in [2.45, 2.75) is 26.5 Å². The van der Waals surface area contributed by atoms with E-state index < -0.39 is 6.10 Å². The second-order valence-electron chi connectivity index (χ2n) is 6.94. The molecule has 3 amide bonds. The van der Waals surface area contributed by atoms with Gasteiger partial charge in [0.05, 0.1) is 0 Å². The Morgan fingerprint density at radius 3 is 2.23 bits per heavy atom. The Hall–Kier alpha value is -3.80. The van der Waals surface area contributed by atoms with E-state index in [0.29, 0.717) is 18.0 Å². The first kappa shape index (κ1) is 20.9.